The molecule has 0 aliphatic heterocycles. The Labute approximate surface area is 97.5 Å². The minimum Gasteiger partial charge on any atom is -0.386 e. The second kappa shape index (κ2) is 5.25. The van der Waals surface area contributed by atoms with Gasteiger partial charge in [0.05, 0.1) is 0 Å². The van der Waals surface area contributed by atoms with Crippen LogP contribution in [0.3, 0.4) is 0 Å². The maximum atomic E-state index is 12.1. The van der Waals surface area contributed by atoms with Gasteiger partial charge in [-0.25, -0.2) is 8.78 Å². The summed E-state index contributed by atoms with van der Waals surface area (Å²) in [6, 6.07) is 7.72. The third-order valence-corrected chi connectivity index (χ3v) is 2.65. The van der Waals surface area contributed by atoms with Gasteiger partial charge in [-0.1, -0.05) is 12.1 Å². The summed E-state index contributed by atoms with van der Waals surface area (Å²) in [5.74, 6) is 0. The van der Waals surface area contributed by atoms with E-state index in [2.05, 4.69) is 10.3 Å². The van der Waals surface area contributed by atoms with E-state index in [1.165, 1.54) is 0 Å². The fraction of sp³-hybridized carbons (Fsp3) is 0.333. The van der Waals surface area contributed by atoms with Gasteiger partial charge in [0.25, 0.3) is 6.43 Å². The van der Waals surface area contributed by atoms with E-state index in [0.717, 1.165) is 16.5 Å². The largest absolute Gasteiger partial charge is 0.386 e. The molecule has 0 fully saturated rings. The fourth-order valence-electron chi connectivity index (χ4n) is 1.75. The Bertz CT molecular complexity index is 484. The van der Waals surface area contributed by atoms with E-state index < -0.39 is 12.5 Å². The second-order valence-electron chi connectivity index (χ2n) is 3.89. The van der Waals surface area contributed by atoms with Gasteiger partial charge >= 0.3 is 0 Å². The predicted octanol–water partition coefficient (Wildman–Crippen LogP) is 1.88. The van der Waals surface area contributed by atoms with Crippen molar-refractivity contribution in [1.29, 1.82) is 0 Å². The molecule has 1 atom stereocenters. The van der Waals surface area contributed by atoms with E-state index in [0.29, 0.717) is 6.54 Å². The first-order valence-electron chi connectivity index (χ1n) is 5.40. The number of aliphatic hydroxyl groups is 1. The highest BCUT2D eigenvalue weighted by atomic mass is 19.3. The Morgan fingerprint density at radius 2 is 2.12 bits per heavy atom. The number of benzene rings is 1. The van der Waals surface area contributed by atoms with Crippen molar-refractivity contribution in [2.24, 2.45) is 0 Å². The van der Waals surface area contributed by atoms with E-state index in [-0.39, 0.29) is 6.54 Å². The molecule has 1 aromatic heterocycles. The van der Waals surface area contributed by atoms with Crippen LogP contribution in [0.1, 0.15) is 5.56 Å². The molecular weight excluding hydrogens is 226 g/mol. The van der Waals surface area contributed by atoms with Gasteiger partial charge in [-0.2, -0.15) is 0 Å². The van der Waals surface area contributed by atoms with Crippen LogP contribution in [-0.4, -0.2) is 29.2 Å². The molecule has 2 aromatic rings. The van der Waals surface area contributed by atoms with Crippen molar-refractivity contribution in [2.45, 2.75) is 19.1 Å². The van der Waals surface area contributed by atoms with Gasteiger partial charge in [0.2, 0.25) is 0 Å². The van der Waals surface area contributed by atoms with Crippen molar-refractivity contribution in [3.05, 3.63) is 36.0 Å². The van der Waals surface area contributed by atoms with Gasteiger partial charge in [-0.05, 0) is 17.7 Å². The summed E-state index contributed by atoms with van der Waals surface area (Å²) < 4.78 is 24.1. The lowest BCUT2D eigenvalue weighted by atomic mass is 10.1. The number of alkyl halides is 2. The molecule has 17 heavy (non-hydrogen) atoms. The monoisotopic (exact) mass is 240 g/mol. The van der Waals surface area contributed by atoms with Gasteiger partial charge < -0.3 is 15.4 Å². The number of halogens is 2. The first-order valence-corrected chi connectivity index (χ1v) is 5.40. The van der Waals surface area contributed by atoms with Gasteiger partial charge in [0.1, 0.15) is 6.10 Å². The fourth-order valence-corrected chi connectivity index (χ4v) is 1.75. The molecule has 0 aliphatic carbocycles. The Morgan fingerprint density at radius 1 is 1.29 bits per heavy atom. The third kappa shape index (κ3) is 2.81. The van der Waals surface area contributed by atoms with Crippen molar-refractivity contribution < 1.29 is 13.9 Å². The lowest BCUT2D eigenvalue weighted by Gasteiger charge is -2.11. The zero-order chi connectivity index (χ0) is 12.3. The number of hydrogen-bond donors (Lipinski definition) is 3. The van der Waals surface area contributed by atoms with Crippen LogP contribution in [-0.2, 0) is 6.54 Å². The van der Waals surface area contributed by atoms with Crippen molar-refractivity contribution in [3.8, 4) is 0 Å². The number of aromatic amines is 1. The number of aliphatic hydroxyl groups excluding tert-OH is 1. The molecule has 3 N–H and O–H groups in total. The Balaban J connectivity index is 1.97. The SMILES string of the molecule is OC(CNCc1cccc2[nH]ccc12)C(F)F. The normalized spacial score (nSPS) is 13.4. The van der Waals surface area contributed by atoms with Crippen LogP contribution in [0.25, 0.3) is 10.9 Å². The summed E-state index contributed by atoms with van der Waals surface area (Å²) in [7, 11) is 0. The standard InChI is InChI=1S/C12H14F2N2O/c13-12(14)11(17)7-15-6-8-2-1-3-10-9(8)4-5-16-10/h1-5,11-12,15-17H,6-7H2. The van der Waals surface area contributed by atoms with Crippen LogP contribution < -0.4 is 5.32 Å². The minimum atomic E-state index is -2.70. The summed E-state index contributed by atoms with van der Waals surface area (Å²) in [6.45, 7) is 0.345. The van der Waals surface area contributed by atoms with Gasteiger partial charge in [0, 0.05) is 30.2 Å². The van der Waals surface area contributed by atoms with Crippen molar-refractivity contribution in [1.82, 2.24) is 10.3 Å². The average molecular weight is 240 g/mol. The lowest BCUT2D eigenvalue weighted by Crippen LogP contribution is -2.31. The Morgan fingerprint density at radius 3 is 2.88 bits per heavy atom. The molecule has 5 heteroatoms. The molecule has 1 unspecified atom stereocenters. The maximum Gasteiger partial charge on any atom is 0.265 e. The summed E-state index contributed by atoms with van der Waals surface area (Å²) in [5.41, 5.74) is 2.03. The van der Waals surface area contributed by atoms with Crippen LogP contribution in [0, 0.1) is 0 Å². The number of hydrogen-bond acceptors (Lipinski definition) is 2. The second-order valence-corrected chi connectivity index (χ2v) is 3.89. The molecular formula is C12H14F2N2O. The zero-order valence-electron chi connectivity index (χ0n) is 9.16. The van der Waals surface area contributed by atoms with Crippen LogP contribution in [0.4, 0.5) is 8.78 Å². The first kappa shape index (κ1) is 12.0. The molecule has 0 spiro atoms. The average Bonchev–Trinajstić information content (AvgIpc) is 2.77. The number of H-pyrrole nitrogens is 1. The molecule has 0 amide bonds. The quantitative estimate of drug-likeness (QED) is 0.747. The van der Waals surface area contributed by atoms with Gasteiger partial charge in [-0.3, -0.25) is 0 Å². The highest BCUT2D eigenvalue weighted by Gasteiger charge is 2.15. The van der Waals surface area contributed by atoms with Crippen LogP contribution in [0.15, 0.2) is 30.5 Å². The number of fused-ring (bicyclic) bond motifs is 1. The lowest BCUT2D eigenvalue weighted by molar-refractivity contribution is -0.00339. The van der Waals surface area contributed by atoms with E-state index >= 15 is 0 Å². The molecule has 0 radical (unpaired) electrons. The van der Waals surface area contributed by atoms with Crippen molar-refractivity contribution in [3.63, 3.8) is 0 Å². The summed E-state index contributed by atoms with van der Waals surface area (Å²) in [6.07, 6.45) is -2.48. The van der Waals surface area contributed by atoms with E-state index in [1.54, 1.807) is 0 Å². The van der Waals surface area contributed by atoms with Crippen LogP contribution in [0.2, 0.25) is 0 Å². The molecule has 1 aromatic carbocycles. The Kier molecular flexibility index (Phi) is 3.71. The van der Waals surface area contributed by atoms with E-state index in [4.69, 9.17) is 5.11 Å². The smallest absolute Gasteiger partial charge is 0.265 e. The number of nitrogens with one attached hydrogen (secondary N) is 2. The molecule has 0 saturated heterocycles. The molecule has 92 valence electrons. The molecule has 3 nitrogen and oxygen atoms in total. The van der Waals surface area contributed by atoms with Crippen molar-refractivity contribution in [2.75, 3.05) is 6.54 Å². The van der Waals surface area contributed by atoms with Crippen molar-refractivity contribution >= 4 is 10.9 Å². The van der Waals surface area contributed by atoms with Crippen LogP contribution in [0.5, 0.6) is 0 Å². The molecule has 0 aliphatic rings. The topological polar surface area (TPSA) is 48.0 Å². The van der Waals surface area contributed by atoms with Gasteiger partial charge in [-0.15, -0.1) is 0 Å². The van der Waals surface area contributed by atoms with Gasteiger partial charge in [0.15, 0.2) is 0 Å². The molecule has 2 rings (SSSR count). The summed E-state index contributed by atoms with van der Waals surface area (Å²) >= 11 is 0. The number of aromatic nitrogens is 1. The minimum absolute atomic E-state index is 0.113. The molecule has 1 heterocycles. The number of rotatable bonds is 5. The predicted molar refractivity (Wildman–Crippen MR) is 62.0 cm³/mol. The summed E-state index contributed by atoms with van der Waals surface area (Å²) in [4.78, 5) is 3.08. The zero-order valence-corrected chi connectivity index (χ0v) is 9.16. The maximum absolute atomic E-state index is 12.1. The molecule has 0 saturated carbocycles. The Hall–Kier alpha value is -1.46. The van der Waals surface area contributed by atoms with E-state index in [1.807, 2.05) is 30.5 Å². The van der Waals surface area contributed by atoms with E-state index in [9.17, 15) is 8.78 Å². The molecule has 0 bridgehead atoms. The first-order chi connectivity index (χ1) is 8.18. The highest BCUT2D eigenvalue weighted by molar-refractivity contribution is 5.82. The third-order valence-electron chi connectivity index (χ3n) is 2.65. The summed E-state index contributed by atoms with van der Waals surface area (Å²) in [5, 5.41) is 12.8. The van der Waals surface area contributed by atoms with Crippen LogP contribution >= 0.6 is 0 Å². The highest BCUT2D eigenvalue weighted by Crippen LogP contribution is 2.16.